The van der Waals surface area contributed by atoms with Gasteiger partial charge in [0, 0.05) is 24.8 Å². The van der Waals surface area contributed by atoms with Gasteiger partial charge in [-0.25, -0.2) is 4.98 Å². The molecule has 0 atom stereocenters. The van der Waals surface area contributed by atoms with E-state index in [-0.39, 0.29) is 12.5 Å². The number of pyridine rings is 1. The summed E-state index contributed by atoms with van der Waals surface area (Å²) in [7, 11) is 0. The molecule has 2 aromatic carbocycles. The molecule has 0 saturated carbocycles. The van der Waals surface area contributed by atoms with Crippen LogP contribution >= 0.6 is 0 Å². The van der Waals surface area contributed by atoms with E-state index in [9.17, 15) is 4.79 Å². The second-order valence-corrected chi connectivity index (χ2v) is 8.11. The standard InChI is InChI=1S/C26H29N3O2/c27-25-13-12-21(18-28-25)11-10-20-14-16-29(17-15-20)26(30)19-31-24-9-5-4-8-23(24)22-6-2-1-3-7-22/h1-9,12-13,18,20H,10-11,14-17,19H2,(H2,27,28). The molecule has 2 heterocycles. The zero-order valence-corrected chi connectivity index (χ0v) is 17.7. The lowest BCUT2D eigenvalue weighted by Crippen LogP contribution is -2.41. The summed E-state index contributed by atoms with van der Waals surface area (Å²) in [5.74, 6) is 2.00. The van der Waals surface area contributed by atoms with Crippen LogP contribution in [0, 0.1) is 5.92 Å². The molecule has 1 aliphatic heterocycles. The Morgan fingerprint density at radius 2 is 1.74 bits per heavy atom. The Hall–Kier alpha value is -3.34. The smallest absolute Gasteiger partial charge is 0.260 e. The van der Waals surface area contributed by atoms with Crippen LogP contribution in [0.4, 0.5) is 5.82 Å². The highest BCUT2D eigenvalue weighted by atomic mass is 16.5. The van der Waals surface area contributed by atoms with Gasteiger partial charge in [-0.3, -0.25) is 4.79 Å². The zero-order chi connectivity index (χ0) is 21.5. The molecule has 0 bridgehead atoms. The highest BCUT2D eigenvalue weighted by molar-refractivity contribution is 5.78. The lowest BCUT2D eigenvalue weighted by atomic mass is 9.91. The number of nitrogens with two attached hydrogens (primary N) is 1. The maximum Gasteiger partial charge on any atom is 0.260 e. The number of anilines is 1. The molecule has 0 radical (unpaired) electrons. The monoisotopic (exact) mass is 415 g/mol. The summed E-state index contributed by atoms with van der Waals surface area (Å²) in [4.78, 5) is 18.8. The second-order valence-electron chi connectivity index (χ2n) is 8.11. The lowest BCUT2D eigenvalue weighted by Gasteiger charge is -2.32. The molecular weight excluding hydrogens is 386 g/mol. The van der Waals surface area contributed by atoms with Crippen LogP contribution in [0.2, 0.25) is 0 Å². The number of piperidine rings is 1. The molecule has 5 heteroatoms. The van der Waals surface area contributed by atoms with Crippen molar-refractivity contribution in [2.75, 3.05) is 25.4 Å². The van der Waals surface area contributed by atoms with E-state index in [1.54, 1.807) is 0 Å². The quantitative estimate of drug-likeness (QED) is 0.613. The van der Waals surface area contributed by atoms with Crippen molar-refractivity contribution in [3.05, 3.63) is 78.5 Å². The Morgan fingerprint density at radius 1 is 1.00 bits per heavy atom. The van der Waals surface area contributed by atoms with Crippen molar-refractivity contribution >= 4 is 11.7 Å². The van der Waals surface area contributed by atoms with E-state index < -0.39 is 0 Å². The van der Waals surface area contributed by atoms with Crippen LogP contribution in [0.3, 0.4) is 0 Å². The number of carbonyl (C=O) groups excluding carboxylic acids is 1. The number of para-hydroxylation sites is 1. The summed E-state index contributed by atoms with van der Waals surface area (Å²) in [5.41, 5.74) is 8.96. The van der Waals surface area contributed by atoms with Gasteiger partial charge in [-0.05, 0) is 54.9 Å². The fourth-order valence-corrected chi connectivity index (χ4v) is 4.11. The molecule has 0 spiro atoms. The van der Waals surface area contributed by atoms with Crippen molar-refractivity contribution in [2.45, 2.75) is 25.7 Å². The van der Waals surface area contributed by atoms with Crippen LogP contribution < -0.4 is 10.5 Å². The maximum absolute atomic E-state index is 12.7. The Balaban J connectivity index is 1.25. The van der Waals surface area contributed by atoms with Gasteiger partial charge in [-0.15, -0.1) is 0 Å². The first kappa shape index (κ1) is 20.9. The molecule has 0 aliphatic carbocycles. The number of ether oxygens (including phenoxy) is 1. The van der Waals surface area contributed by atoms with Crippen LogP contribution in [-0.4, -0.2) is 35.5 Å². The molecule has 2 N–H and O–H groups in total. The number of nitrogen functional groups attached to an aromatic ring is 1. The van der Waals surface area contributed by atoms with Crippen LogP contribution in [0.1, 0.15) is 24.8 Å². The van der Waals surface area contributed by atoms with Gasteiger partial charge in [0.05, 0.1) is 0 Å². The number of aromatic nitrogens is 1. The molecule has 160 valence electrons. The second kappa shape index (κ2) is 10.1. The van der Waals surface area contributed by atoms with E-state index >= 15 is 0 Å². The molecule has 1 fully saturated rings. The molecule has 4 rings (SSSR count). The number of likely N-dealkylation sites (tertiary alicyclic amines) is 1. The summed E-state index contributed by atoms with van der Waals surface area (Å²) in [6.45, 7) is 1.67. The Labute approximate surface area is 183 Å². The summed E-state index contributed by atoms with van der Waals surface area (Å²) < 4.78 is 5.94. The average Bonchev–Trinajstić information content (AvgIpc) is 2.83. The molecule has 1 aromatic heterocycles. The van der Waals surface area contributed by atoms with E-state index in [1.807, 2.05) is 65.7 Å². The van der Waals surface area contributed by atoms with Gasteiger partial charge in [0.2, 0.25) is 0 Å². The fraction of sp³-hybridized carbons (Fsp3) is 0.308. The number of amides is 1. The maximum atomic E-state index is 12.7. The van der Waals surface area contributed by atoms with Gasteiger partial charge in [0.1, 0.15) is 11.6 Å². The first-order valence-electron chi connectivity index (χ1n) is 10.9. The highest BCUT2D eigenvalue weighted by Gasteiger charge is 2.23. The van der Waals surface area contributed by atoms with Gasteiger partial charge in [0.15, 0.2) is 6.61 Å². The van der Waals surface area contributed by atoms with E-state index in [1.165, 1.54) is 5.56 Å². The minimum atomic E-state index is 0.0593. The number of hydrogen-bond acceptors (Lipinski definition) is 4. The van der Waals surface area contributed by atoms with Crippen molar-refractivity contribution in [3.63, 3.8) is 0 Å². The van der Waals surface area contributed by atoms with Gasteiger partial charge >= 0.3 is 0 Å². The number of aryl methyl sites for hydroxylation is 1. The molecular formula is C26H29N3O2. The third kappa shape index (κ3) is 5.63. The van der Waals surface area contributed by atoms with Crippen LogP contribution in [0.25, 0.3) is 11.1 Å². The SMILES string of the molecule is Nc1ccc(CCC2CCN(C(=O)COc3ccccc3-c3ccccc3)CC2)cn1. The first-order valence-corrected chi connectivity index (χ1v) is 10.9. The minimum Gasteiger partial charge on any atom is -0.483 e. The topological polar surface area (TPSA) is 68.5 Å². The number of rotatable bonds is 7. The van der Waals surface area contributed by atoms with Crippen LogP contribution in [0.15, 0.2) is 72.9 Å². The lowest BCUT2D eigenvalue weighted by molar-refractivity contribution is -0.134. The summed E-state index contributed by atoms with van der Waals surface area (Å²) in [6, 6.07) is 21.9. The van der Waals surface area contributed by atoms with Crippen molar-refractivity contribution in [2.24, 2.45) is 5.92 Å². The number of hydrogen-bond donors (Lipinski definition) is 1. The summed E-state index contributed by atoms with van der Waals surface area (Å²) >= 11 is 0. The van der Waals surface area contributed by atoms with E-state index in [0.717, 1.165) is 55.6 Å². The molecule has 3 aromatic rings. The predicted molar refractivity (Wildman–Crippen MR) is 124 cm³/mol. The Bertz CT molecular complexity index is 981. The molecule has 0 unspecified atom stereocenters. The molecule has 31 heavy (non-hydrogen) atoms. The van der Waals surface area contributed by atoms with Crippen LogP contribution in [-0.2, 0) is 11.2 Å². The fourth-order valence-electron chi connectivity index (χ4n) is 4.11. The largest absolute Gasteiger partial charge is 0.483 e. The van der Waals surface area contributed by atoms with Crippen molar-refractivity contribution in [1.82, 2.24) is 9.88 Å². The predicted octanol–water partition coefficient (Wildman–Crippen LogP) is 4.58. The van der Waals surface area contributed by atoms with E-state index in [0.29, 0.717) is 11.7 Å². The van der Waals surface area contributed by atoms with Crippen molar-refractivity contribution in [3.8, 4) is 16.9 Å². The van der Waals surface area contributed by atoms with Gasteiger partial charge in [0.25, 0.3) is 5.91 Å². The third-order valence-electron chi connectivity index (χ3n) is 5.98. The Morgan fingerprint density at radius 3 is 2.48 bits per heavy atom. The minimum absolute atomic E-state index is 0.0593. The summed E-state index contributed by atoms with van der Waals surface area (Å²) in [5, 5.41) is 0. The molecule has 1 amide bonds. The molecule has 1 saturated heterocycles. The van der Waals surface area contributed by atoms with Gasteiger partial charge < -0.3 is 15.4 Å². The first-order chi connectivity index (χ1) is 15.2. The zero-order valence-electron chi connectivity index (χ0n) is 17.7. The number of benzene rings is 2. The molecule has 1 aliphatic rings. The average molecular weight is 416 g/mol. The van der Waals surface area contributed by atoms with Crippen molar-refractivity contribution in [1.29, 1.82) is 0 Å². The third-order valence-corrected chi connectivity index (χ3v) is 5.98. The Kier molecular flexibility index (Phi) is 6.82. The van der Waals surface area contributed by atoms with E-state index in [4.69, 9.17) is 10.5 Å². The number of nitrogens with zero attached hydrogens (tertiary/aromatic N) is 2. The number of carbonyl (C=O) groups is 1. The molecule has 5 nitrogen and oxygen atoms in total. The summed E-state index contributed by atoms with van der Waals surface area (Å²) in [6.07, 6.45) is 6.06. The van der Waals surface area contributed by atoms with Gasteiger partial charge in [-0.2, -0.15) is 0 Å². The highest BCUT2D eigenvalue weighted by Crippen LogP contribution is 2.29. The van der Waals surface area contributed by atoms with Gasteiger partial charge in [-0.1, -0.05) is 54.6 Å². The van der Waals surface area contributed by atoms with E-state index in [2.05, 4.69) is 17.1 Å². The van der Waals surface area contributed by atoms with Crippen molar-refractivity contribution < 1.29 is 9.53 Å². The normalized spacial score (nSPS) is 14.4. The van der Waals surface area contributed by atoms with Crippen LogP contribution in [0.5, 0.6) is 5.75 Å².